The highest BCUT2D eigenvalue weighted by Crippen LogP contribution is 2.31. The highest BCUT2D eigenvalue weighted by atomic mass is 35.5. The molecule has 1 saturated heterocycles. The molecule has 0 aromatic heterocycles. The number of hydrogen-bond acceptors (Lipinski definition) is 4. The molecule has 6 nitrogen and oxygen atoms in total. The van der Waals surface area contributed by atoms with Crippen LogP contribution in [0.5, 0.6) is 5.75 Å². The predicted octanol–water partition coefficient (Wildman–Crippen LogP) is 4.01. The third-order valence-corrected chi connectivity index (χ3v) is 5.67. The zero-order chi connectivity index (χ0) is 20.5. The molecular formula is C17H14ClF3N2O4S. The van der Waals surface area contributed by atoms with Crippen molar-refractivity contribution in [2.45, 2.75) is 24.3 Å². The van der Waals surface area contributed by atoms with Crippen LogP contribution in [0, 0.1) is 5.82 Å². The number of benzene rings is 2. The fraction of sp³-hybridized carbons (Fsp3) is 0.235. The van der Waals surface area contributed by atoms with Gasteiger partial charge in [0.2, 0.25) is 5.91 Å². The maximum atomic E-state index is 14.4. The molecule has 0 spiro atoms. The first-order chi connectivity index (χ1) is 13.2. The van der Waals surface area contributed by atoms with E-state index < -0.39 is 22.5 Å². The number of hydrogen-bond donors (Lipinski definition) is 1. The smallest absolute Gasteiger partial charge is 0.387 e. The number of ether oxygens (including phenoxy) is 1. The van der Waals surface area contributed by atoms with E-state index in [4.69, 9.17) is 11.6 Å². The summed E-state index contributed by atoms with van der Waals surface area (Å²) in [6.07, 6.45) is 0.957. The van der Waals surface area contributed by atoms with E-state index in [0.717, 1.165) is 24.3 Å². The summed E-state index contributed by atoms with van der Waals surface area (Å²) in [5.41, 5.74) is -0.00100. The predicted molar refractivity (Wildman–Crippen MR) is 96.9 cm³/mol. The lowest BCUT2D eigenvalue weighted by molar-refractivity contribution is -0.117. The van der Waals surface area contributed by atoms with Crippen LogP contribution in [0.4, 0.5) is 24.5 Å². The van der Waals surface area contributed by atoms with Crippen molar-refractivity contribution in [2.75, 3.05) is 16.2 Å². The van der Waals surface area contributed by atoms with Gasteiger partial charge in [0.25, 0.3) is 10.0 Å². The quantitative estimate of drug-likeness (QED) is 0.745. The van der Waals surface area contributed by atoms with Gasteiger partial charge in [0.05, 0.1) is 21.3 Å². The van der Waals surface area contributed by atoms with Gasteiger partial charge in [-0.2, -0.15) is 8.78 Å². The summed E-state index contributed by atoms with van der Waals surface area (Å²) < 4.78 is 70.1. The molecule has 1 aliphatic heterocycles. The summed E-state index contributed by atoms with van der Waals surface area (Å²) in [5, 5.41) is -0.322. The van der Waals surface area contributed by atoms with Gasteiger partial charge in [-0.3, -0.25) is 9.52 Å². The fourth-order valence-electron chi connectivity index (χ4n) is 2.75. The summed E-state index contributed by atoms with van der Waals surface area (Å²) in [5.74, 6) is -1.33. The first kappa shape index (κ1) is 20.3. The SMILES string of the molecule is O=C1CCCN1c1ccc(NS(=O)(=O)c2ccc(OC(F)F)c(Cl)c2)cc1F. The minimum atomic E-state index is -4.17. The molecule has 2 aromatic carbocycles. The second-order valence-electron chi connectivity index (χ2n) is 5.89. The second kappa shape index (κ2) is 7.88. The van der Waals surface area contributed by atoms with Gasteiger partial charge in [0.1, 0.15) is 11.6 Å². The average molecular weight is 435 g/mol. The molecule has 0 saturated carbocycles. The molecular weight excluding hydrogens is 421 g/mol. The maximum Gasteiger partial charge on any atom is 0.387 e. The van der Waals surface area contributed by atoms with Crippen LogP contribution in [-0.2, 0) is 14.8 Å². The van der Waals surface area contributed by atoms with Crippen molar-refractivity contribution < 1.29 is 31.1 Å². The Morgan fingerprint density at radius 2 is 1.93 bits per heavy atom. The lowest BCUT2D eigenvalue weighted by Crippen LogP contribution is -2.24. The lowest BCUT2D eigenvalue weighted by atomic mass is 10.2. The first-order valence-corrected chi connectivity index (χ1v) is 9.90. The van der Waals surface area contributed by atoms with Gasteiger partial charge in [-0.15, -0.1) is 0 Å². The summed E-state index contributed by atoms with van der Waals surface area (Å²) in [4.78, 5) is 12.7. The first-order valence-electron chi connectivity index (χ1n) is 8.04. The number of rotatable bonds is 6. The third kappa shape index (κ3) is 4.33. The minimum Gasteiger partial charge on any atom is -0.433 e. The molecule has 150 valence electrons. The molecule has 0 unspecified atom stereocenters. The highest BCUT2D eigenvalue weighted by Gasteiger charge is 2.25. The molecule has 0 atom stereocenters. The number of alkyl halides is 2. The van der Waals surface area contributed by atoms with Gasteiger partial charge in [-0.05, 0) is 36.8 Å². The van der Waals surface area contributed by atoms with E-state index in [1.54, 1.807) is 0 Å². The Kier molecular flexibility index (Phi) is 5.71. The van der Waals surface area contributed by atoms with Crippen LogP contribution in [0.2, 0.25) is 5.02 Å². The van der Waals surface area contributed by atoms with E-state index in [-0.39, 0.29) is 32.9 Å². The molecule has 0 radical (unpaired) electrons. The molecule has 3 rings (SSSR count). The number of nitrogens with zero attached hydrogens (tertiary/aromatic N) is 1. The average Bonchev–Trinajstić information content (AvgIpc) is 3.02. The normalized spacial score (nSPS) is 14.6. The molecule has 28 heavy (non-hydrogen) atoms. The van der Waals surface area contributed by atoms with Crippen LogP contribution in [0.25, 0.3) is 0 Å². The van der Waals surface area contributed by atoms with E-state index in [1.165, 1.54) is 17.0 Å². The zero-order valence-electron chi connectivity index (χ0n) is 14.2. The van der Waals surface area contributed by atoms with Crippen LogP contribution in [-0.4, -0.2) is 27.5 Å². The zero-order valence-corrected chi connectivity index (χ0v) is 15.7. The number of carbonyl (C=O) groups is 1. The monoisotopic (exact) mass is 434 g/mol. The molecule has 0 bridgehead atoms. The fourth-order valence-corrected chi connectivity index (χ4v) is 4.11. The number of nitrogens with one attached hydrogen (secondary N) is 1. The van der Waals surface area contributed by atoms with E-state index in [1.807, 2.05) is 0 Å². The number of amides is 1. The van der Waals surface area contributed by atoms with E-state index in [9.17, 15) is 26.4 Å². The van der Waals surface area contributed by atoms with E-state index in [0.29, 0.717) is 19.4 Å². The number of halogens is 4. The lowest BCUT2D eigenvalue weighted by Gasteiger charge is -2.17. The Hall–Kier alpha value is -2.46. The highest BCUT2D eigenvalue weighted by molar-refractivity contribution is 7.92. The Morgan fingerprint density at radius 3 is 2.50 bits per heavy atom. The van der Waals surface area contributed by atoms with Gasteiger partial charge in [-0.1, -0.05) is 11.6 Å². The van der Waals surface area contributed by atoms with Gasteiger partial charge >= 0.3 is 6.61 Å². The van der Waals surface area contributed by atoms with Gasteiger partial charge in [0.15, 0.2) is 0 Å². The molecule has 2 aromatic rings. The van der Waals surface area contributed by atoms with Gasteiger partial charge < -0.3 is 9.64 Å². The van der Waals surface area contributed by atoms with Crippen LogP contribution in [0.3, 0.4) is 0 Å². The van der Waals surface area contributed by atoms with Crippen LogP contribution in [0.1, 0.15) is 12.8 Å². The number of anilines is 2. The van der Waals surface area contributed by atoms with Crippen molar-refractivity contribution in [1.29, 1.82) is 0 Å². The van der Waals surface area contributed by atoms with Crippen LogP contribution >= 0.6 is 11.6 Å². The number of carbonyl (C=O) groups excluding carboxylic acids is 1. The minimum absolute atomic E-state index is 0.0713. The van der Waals surface area contributed by atoms with Crippen molar-refractivity contribution in [3.63, 3.8) is 0 Å². The standard InChI is InChI=1S/C17H14ClF3N2O4S/c18-12-9-11(4-6-15(12)27-17(20)21)28(25,26)22-10-3-5-14(13(19)8-10)23-7-1-2-16(23)24/h3-6,8-9,17,22H,1-2,7H2. The molecule has 1 aliphatic rings. The third-order valence-electron chi connectivity index (χ3n) is 3.99. The molecule has 1 N–H and O–H groups in total. The molecule has 1 fully saturated rings. The second-order valence-corrected chi connectivity index (χ2v) is 7.98. The van der Waals surface area contributed by atoms with Gasteiger partial charge in [0, 0.05) is 19.0 Å². The van der Waals surface area contributed by atoms with Crippen molar-refractivity contribution >= 4 is 38.9 Å². The van der Waals surface area contributed by atoms with Crippen molar-refractivity contribution in [1.82, 2.24) is 0 Å². The molecule has 1 amide bonds. The molecule has 1 heterocycles. The largest absolute Gasteiger partial charge is 0.433 e. The maximum absolute atomic E-state index is 14.4. The summed E-state index contributed by atoms with van der Waals surface area (Å²) >= 11 is 5.77. The topological polar surface area (TPSA) is 75.7 Å². The van der Waals surface area contributed by atoms with Gasteiger partial charge in [-0.25, -0.2) is 12.8 Å². The van der Waals surface area contributed by atoms with E-state index in [2.05, 4.69) is 9.46 Å². The summed E-state index contributed by atoms with van der Waals surface area (Å²) in [6, 6.07) is 6.54. The van der Waals surface area contributed by atoms with Crippen LogP contribution < -0.4 is 14.4 Å². The Bertz CT molecular complexity index is 1020. The van der Waals surface area contributed by atoms with E-state index >= 15 is 0 Å². The Balaban J connectivity index is 1.81. The van der Waals surface area contributed by atoms with Crippen molar-refractivity contribution in [3.05, 3.63) is 47.2 Å². The Morgan fingerprint density at radius 1 is 1.18 bits per heavy atom. The number of sulfonamides is 1. The molecule has 11 heteroatoms. The Labute approximate surface area is 163 Å². The van der Waals surface area contributed by atoms with Crippen molar-refractivity contribution in [2.24, 2.45) is 0 Å². The van der Waals surface area contributed by atoms with Crippen LogP contribution in [0.15, 0.2) is 41.3 Å². The summed E-state index contributed by atoms with van der Waals surface area (Å²) in [7, 11) is -4.17. The molecule has 0 aliphatic carbocycles. The summed E-state index contributed by atoms with van der Waals surface area (Å²) in [6.45, 7) is -2.71. The van der Waals surface area contributed by atoms with Crippen molar-refractivity contribution in [3.8, 4) is 5.75 Å².